The van der Waals surface area contributed by atoms with Crippen LogP contribution in [0.25, 0.3) is 0 Å². The summed E-state index contributed by atoms with van der Waals surface area (Å²) in [5, 5.41) is 4.93. The molecular weight excluding hydrogens is 320 g/mol. The number of carbonyl (C=O) groups excluding carboxylic acids is 2. The minimum absolute atomic E-state index is 0.0283. The van der Waals surface area contributed by atoms with E-state index in [1.165, 1.54) is 0 Å². The van der Waals surface area contributed by atoms with E-state index in [4.69, 9.17) is 0 Å². The molecule has 0 aliphatic carbocycles. The second kappa shape index (κ2) is 7.18. The molecule has 1 aliphatic heterocycles. The smallest absolute Gasteiger partial charge is 0.227 e. The van der Waals surface area contributed by atoms with Crippen molar-refractivity contribution in [1.29, 1.82) is 0 Å². The number of carbonyl (C=O) groups is 2. The van der Waals surface area contributed by atoms with Crippen LogP contribution in [-0.4, -0.2) is 18.4 Å². The van der Waals surface area contributed by atoms with Gasteiger partial charge in [-0.3, -0.25) is 9.59 Å². The van der Waals surface area contributed by atoms with Gasteiger partial charge in [-0.1, -0.05) is 23.8 Å². The molecule has 0 spiro atoms. The second-order valence-corrected chi connectivity index (χ2v) is 7.08. The lowest BCUT2D eigenvalue weighted by atomic mass is 9.86. The van der Waals surface area contributed by atoms with Gasteiger partial charge in [0.15, 0.2) is 0 Å². The predicted octanol–water partition coefficient (Wildman–Crippen LogP) is 3.68. The normalized spacial score (nSPS) is 20.9. The van der Waals surface area contributed by atoms with Gasteiger partial charge in [-0.2, -0.15) is 0 Å². The van der Waals surface area contributed by atoms with Crippen molar-refractivity contribution in [2.45, 2.75) is 32.7 Å². The number of thiophene rings is 1. The number of anilines is 1. The third-order valence-corrected chi connectivity index (χ3v) is 5.37. The van der Waals surface area contributed by atoms with E-state index >= 15 is 0 Å². The fourth-order valence-corrected chi connectivity index (χ4v) is 4.15. The lowest BCUT2D eigenvalue weighted by Crippen LogP contribution is -2.48. The number of aryl methyl sites for hydroxylation is 1. The Balaban J connectivity index is 2.03. The average molecular weight is 342 g/mol. The Kier molecular flexibility index (Phi) is 5.00. The van der Waals surface area contributed by atoms with Crippen LogP contribution in [0.1, 0.15) is 36.2 Å². The maximum absolute atomic E-state index is 12.7. The molecule has 126 valence electrons. The summed E-state index contributed by atoms with van der Waals surface area (Å²) in [5.74, 6) is -0.110. The van der Waals surface area contributed by atoms with Crippen LogP contribution in [-0.2, 0) is 9.59 Å². The number of amides is 2. The van der Waals surface area contributed by atoms with Crippen LogP contribution in [0.2, 0.25) is 0 Å². The van der Waals surface area contributed by atoms with Crippen LogP contribution in [0.15, 0.2) is 41.8 Å². The maximum atomic E-state index is 12.7. The fraction of sp³-hybridized carbons (Fsp3) is 0.368. The summed E-state index contributed by atoms with van der Waals surface area (Å²) in [7, 11) is 0. The van der Waals surface area contributed by atoms with Crippen molar-refractivity contribution < 1.29 is 9.59 Å². The number of piperidine rings is 1. The Morgan fingerprint density at radius 2 is 2.04 bits per heavy atom. The van der Waals surface area contributed by atoms with E-state index in [0.29, 0.717) is 19.4 Å². The summed E-state index contributed by atoms with van der Waals surface area (Å²) in [4.78, 5) is 28.2. The first kappa shape index (κ1) is 16.7. The Morgan fingerprint density at radius 1 is 1.29 bits per heavy atom. The number of nitrogens with zero attached hydrogens (tertiary/aromatic N) is 1. The fourth-order valence-electron chi connectivity index (χ4n) is 3.27. The molecule has 1 saturated heterocycles. The van der Waals surface area contributed by atoms with Crippen LogP contribution in [0, 0.1) is 12.8 Å². The van der Waals surface area contributed by atoms with Crippen molar-refractivity contribution in [3.05, 3.63) is 52.2 Å². The summed E-state index contributed by atoms with van der Waals surface area (Å²) in [6.07, 6.45) is 0.993. The number of hydrogen-bond donors (Lipinski definition) is 1. The summed E-state index contributed by atoms with van der Waals surface area (Å²) >= 11 is 1.60. The number of rotatable bonds is 4. The monoisotopic (exact) mass is 342 g/mol. The Hall–Kier alpha value is -2.14. The number of nitrogens with one attached hydrogen (secondary N) is 1. The largest absolute Gasteiger partial charge is 0.356 e. The van der Waals surface area contributed by atoms with Crippen molar-refractivity contribution in [3.8, 4) is 0 Å². The Labute approximate surface area is 146 Å². The zero-order chi connectivity index (χ0) is 17.1. The van der Waals surface area contributed by atoms with Gasteiger partial charge in [0.05, 0.1) is 12.0 Å². The van der Waals surface area contributed by atoms with Crippen LogP contribution in [0.5, 0.6) is 0 Å². The molecule has 4 nitrogen and oxygen atoms in total. The summed E-state index contributed by atoms with van der Waals surface area (Å²) in [5.41, 5.74) is 2.01. The summed E-state index contributed by atoms with van der Waals surface area (Å²) in [6, 6.07) is 11.7. The third-order valence-electron chi connectivity index (χ3n) is 4.43. The molecule has 2 atom stereocenters. The van der Waals surface area contributed by atoms with Crippen molar-refractivity contribution >= 4 is 28.8 Å². The van der Waals surface area contributed by atoms with Gasteiger partial charge in [0.25, 0.3) is 0 Å². The highest BCUT2D eigenvalue weighted by atomic mass is 32.1. The highest BCUT2D eigenvalue weighted by molar-refractivity contribution is 7.10. The van der Waals surface area contributed by atoms with Gasteiger partial charge >= 0.3 is 0 Å². The lowest BCUT2D eigenvalue weighted by Gasteiger charge is -2.40. The number of benzene rings is 1. The molecule has 1 aromatic carbocycles. The van der Waals surface area contributed by atoms with Crippen molar-refractivity contribution in [1.82, 2.24) is 5.32 Å². The van der Waals surface area contributed by atoms with Crippen molar-refractivity contribution in [2.24, 2.45) is 5.92 Å². The topological polar surface area (TPSA) is 49.4 Å². The molecule has 3 rings (SSSR count). The first-order valence-corrected chi connectivity index (χ1v) is 9.19. The molecule has 0 saturated carbocycles. The predicted molar refractivity (Wildman–Crippen MR) is 97.1 cm³/mol. The first-order chi connectivity index (χ1) is 11.6. The van der Waals surface area contributed by atoms with Gasteiger partial charge in [-0.05, 0) is 43.8 Å². The SMILES string of the molecule is CCNC(=O)[C@@H]1CCC(=O)N(c2ccc(C)cc2)[C@H]1c1cccs1. The van der Waals surface area contributed by atoms with Crippen molar-refractivity contribution in [3.63, 3.8) is 0 Å². The van der Waals surface area contributed by atoms with E-state index < -0.39 is 0 Å². The van der Waals surface area contributed by atoms with Gasteiger partial charge in [-0.25, -0.2) is 0 Å². The quantitative estimate of drug-likeness (QED) is 0.921. The molecule has 2 aromatic rings. The highest BCUT2D eigenvalue weighted by Gasteiger charge is 2.41. The first-order valence-electron chi connectivity index (χ1n) is 8.31. The summed E-state index contributed by atoms with van der Waals surface area (Å²) in [6.45, 7) is 4.55. The molecule has 1 fully saturated rings. The van der Waals surface area contributed by atoms with E-state index in [-0.39, 0.29) is 23.8 Å². The summed E-state index contributed by atoms with van der Waals surface area (Å²) < 4.78 is 0. The van der Waals surface area contributed by atoms with E-state index in [2.05, 4.69) is 5.32 Å². The van der Waals surface area contributed by atoms with Gasteiger partial charge in [-0.15, -0.1) is 11.3 Å². The van der Waals surface area contributed by atoms with E-state index in [1.54, 1.807) is 11.3 Å². The van der Waals surface area contributed by atoms with Crippen LogP contribution in [0.4, 0.5) is 5.69 Å². The van der Waals surface area contributed by atoms with Crippen LogP contribution in [0.3, 0.4) is 0 Å². The zero-order valence-corrected chi connectivity index (χ0v) is 14.8. The second-order valence-electron chi connectivity index (χ2n) is 6.10. The van der Waals surface area contributed by atoms with Gasteiger partial charge in [0.1, 0.15) is 0 Å². The third kappa shape index (κ3) is 3.22. The maximum Gasteiger partial charge on any atom is 0.227 e. The van der Waals surface area contributed by atoms with Crippen molar-refractivity contribution in [2.75, 3.05) is 11.4 Å². The highest BCUT2D eigenvalue weighted by Crippen LogP contribution is 2.41. The Morgan fingerprint density at radius 3 is 2.67 bits per heavy atom. The molecule has 2 amide bonds. The number of hydrogen-bond acceptors (Lipinski definition) is 3. The zero-order valence-electron chi connectivity index (χ0n) is 14.0. The molecule has 0 radical (unpaired) electrons. The minimum atomic E-state index is -0.236. The molecule has 1 aliphatic rings. The van der Waals surface area contributed by atoms with E-state index in [1.807, 2.05) is 60.5 Å². The minimum Gasteiger partial charge on any atom is -0.356 e. The lowest BCUT2D eigenvalue weighted by molar-refractivity contribution is -0.129. The van der Waals surface area contributed by atoms with Crippen LogP contribution >= 0.6 is 11.3 Å². The molecular formula is C19H22N2O2S. The van der Waals surface area contributed by atoms with Gasteiger partial charge < -0.3 is 10.2 Å². The molecule has 0 unspecified atom stereocenters. The van der Waals surface area contributed by atoms with Crippen LogP contribution < -0.4 is 10.2 Å². The molecule has 1 aromatic heterocycles. The van der Waals surface area contributed by atoms with Gasteiger partial charge in [0, 0.05) is 23.5 Å². The van der Waals surface area contributed by atoms with Gasteiger partial charge in [0.2, 0.25) is 11.8 Å². The van der Waals surface area contributed by atoms with E-state index in [9.17, 15) is 9.59 Å². The molecule has 2 heterocycles. The Bertz CT molecular complexity index is 709. The standard InChI is InChI=1S/C19H22N2O2S/c1-3-20-19(23)15-10-11-17(22)21(14-8-6-13(2)7-9-14)18(15)16-5-4-12-24-16/h4-9,12,15,18H,3,10-11H2,1-2H3,(H,20,23)/t15-,18-/m1/s1. The molecule has 0 bridgehead atoms. The molecule has 24 heavy (non-hydrogen) atoms. The average Bonchev–Trinajstić information content (AvgIpc) is 3.10. The van der Waals surface area contributed by atoms with E-state index in [0.717, 1.165) is 16.1 Å². The molecule has 1 N–H and O–H groups in total. The molecule has 5 heteroatoms.